The summed E-state index contributed by atoms with van der Waals surface area (Å²) in [5.41, 5.74) is -0.276. The van der Waals surface area contributed by atoms with Gasteiger partial charge in [-0.2, -0.15) is 9.97 Å². The van der Waals surface area contributed by atoms with Crippen LogP contribution in [0.4, 0.5) is 10.6 Å². The number of nitrogens with zero attached hydrogens (tertiary/aromatic N) is 5. The normalized spacial score (nSPS) is 24.2. The number of piperazine rings is 1. The summed E-state index contributed by atoms with van der Waals surface area (Å²) in [5, 5.41) is 0.0236. The second-order valence-electron chi connectivity index (χ2n) is 9.00. The lowest BCUT2D eigenvalue weighted by Crippen LogP contribution is -2.58. The van der Waals surface area contributed by atoms with Gasteiger partial charge in [-0.3, -0.25) is 4.79 Å². The lowest BCUT2D eigenvalue weighted by molar-refractivity contribution is 0.000853. The van der Waals surface area contributed by atoms with Crippen LogP contribution in [0.1, 0.15) is 38.1 Å². The fourth-order valence-corrected chi connectivity index (χ4v) is 4.18. The SMILES string of the molecule is C[C@H]1COCCN1c1nc(Cl)nc2c1C(=O)N1CCN(C(=O)OC(C)(C)C)C[C@@H]1CO2. The maximum absolute atomic E-state index is 13.6. The number of rotatable bonds is 1. The van der Waals surface area contributed by atoms with Crippen molar-refractivity contribution in [1.29, 1.82) is 0 Å². The third kappa shape index (κ3) is 4.50. The molecule has 0 radical (unpaired) electrons. The maximum Gasteiger partial charge on any atom is 0.410 e. The van der Waals surface area contributed by atoms with Crippen LogP contribution in [-0.2, 0) is 9.47 Å². The minimum absolute atomic E-state index is 0.0236. The van der Waals surface area contributed by atoms with Gasteiger partial charge in [0.25, 0.3) is 5.91 Å². The van der Waals surface area contributed by atoms with Crippen LogP contribution in [0.3, 0.4) is 0 Å². The molecule has 3 aliphatic rings. The van der Waals surface area contributed by atoms with Crippen molar-refractivity contribution >= 4 is 29.4 Å². The van der Waals surface area contributed by atoms with Crippen molar-refractivity contribution in [3.05, 3.63) is 10.8 Å². The van der Waals surface area contributed by atoms with Crippen molar-refractivity contribution in [2.75, 3.05) is 50.9 Å². The Morgan fingerprint density at radius 3 is 2.65 bits per heavy atom. The Morgan fingerprint density at radius 1 is 1.16 bits per heavy atom. The van der Waals surface area contributed by atoms with E-state index in [1.807, 2.05) is 32.6 Å². The number of anilines is 1. The van der Waals surface area contributed by atoms with Crippen LogP contribution >= 0.6 is 11.6 Å². The second-order valence-corrected chi connectivity index (χ2v) is 9.34. The monoisotopic (exact) mass is 453 g/mol. The van der Waals surface area contributed by atoms with E-state index in [1.54, 1.807) is 9.80 Å². The molecule has 2 atom stereocenters. The van der Waals surface area contributed by atoms with Gasteiger partial charge in [-0.15, -0.1) is 0 Å². The molecule has 11 heteroatoms. The summed E-state index contributed by atoms with van der Waals surface area (Å²) in [6.07, 6.45) is -0.396. The van der Waals surface area contributed by atoms with E-state index in [0.717, 1.165) is 0 Å². The molecule has 0 aliphatic carbocycles. The fraction of sp³-hybridized carbons (Fsp3) is 0.700. The highest BCUT2D eigenvalue weighted by Crippen LogP contribution is 2.34. The summed E-state index contributed by atoms with van der Waals surface area (Å²) in [5.74, 6) is 0.426. The second kappa shape index (κ2) is 8.31. The number of ether oxygens (including phenoxy) is 3. The topological polar surface area (TPSA) is 97.3 Å². The van der Waals surface area contributed by atoms with Crippen LogP contribution in [0, 0.1) is 0 Å². The fourth-order valence-electron chi connectivity index (χ4n) is 4.02. The van der Waals surface area contributed by atoms with Crippen LogP contribution in [-0.4, -0.2) is 95.5 Å². The van der Waals surface area contributed by atoms with E-state index in [9.17, 15) is 9.59 Å². The first-order valence-corrected chi connectivity index (χ1v) is 10.9. The molecule has 4 heterocycles. The van der Waals surface area contributed by atoms with E-state index < -0.39 is 11.7 Å². The van der Waals surface area contributed by atoms with Crippen molar-refractivity contribution in [1.82, 2.24) is 19.8 Å². The molecule has 0 N–H and O–H groups in total. The van der Waals surface area contributed by atoms with E-state index in [1.165, 1.54) is 0 Å². The quantitative estimate of drug-likeness (QED) is 0.594. The molecule has 0 unspecified atom stereocenters. The third-order valence-corrected chi connectivity index (χ3v) is 5.66. The number of amides is 2. The Morgan fingerprint density at radius 2 is 1.94 bits per heavy atom. The average Bonchev–Trinajstić information content (AvgIpc) is 2.83. The van der Waals surface area contributed by atoms with Gasteiger partial charge in [0.05, 0.1) is 25.3 Å². The first kappa shape index (κ1) is 21.9. The van der Waals surface area contributed by atoms with Crippen LogP contribution in [0.15, 0.2) is 0 Å². The third-order valence-electron chi connectivity index (χ3n) is 5.49. The number of hydrogen-bond donors (Lipinski definition) is 0. The Balaban J connectivity index is 1.61. The highest BCUT2D eigenvalue weighted by molar-refractivity contribution is 6.28. The summed E-state index contributed by atoms with van der Waals surface area (Å²) in [6.45, 7) is 10.4. The molecule has 10 nitrogen and oxygen atoms in total. The van der Waals surface area contributed by atoms with Crippen molar-refractivity contribution < 1.29 is 23.8 Å². The molecule has 1 aromatic heterocycles. The number of hydrogen-bond acceptors (Lipinski definition) is 8. The number of halogens is 1. The molecule has 0 saturated carbocycles. The number of fused-ring (bicyclic) bond motifs is 2. The zero-order valence-corrected chi connectivity index (χ0v) is 19.0. The van der Waals surface area contributed by atoms with Gasteiger partial charge >= 0.3 is 6.09 Å². The van der Waals surface area contributed by atoms with Crippen molar-refractivity contribution in [3.8, 4) is 5.88 Å². The highest BCUT2D eigenvalue weighted by atomic mass is 35.5. The van der Waals surface area contributed by atoms with Gasteiger partial charge in [0.15, 0.2) is 5.82 Å². The average molecular weight is 454 g/mol. The molecular weight excluding hydrogens is 426 g/mol. The zero-order chi connectivity index (χ0) is 22.3. The van der Waals surface area contributed by atoms with Crippen LogP contribution in [0.2, 0.25) is 5.28 Å². The molecule has 2 saturated heterocycles. The predicted molar refractivity (Wildman–Crippen MR) is 113 cm³/mol. The molecular formula is C20H28ClN5O5. The molecule has 4 rings (SSSR count). The summed E-state index contributed by atoms with van der Waals surface area (Å²) >= 11 is 6.17. The Bertz CT molecular complexity index is 876. The number of carbonyl (C=O) groups excluding carboxylic acids is 2. The maximum atomic E-state index is 13.6. The van der Waals surface area contributed by atoms with E-state index in [2.05, 4.69) is 9.97 Å². The Kier molecular flexibility index (Phi) is 5.87. The number of carbonyl (C=O) groups is 2. The van der Waals surface area contributed by atoms with E-state index in [-0.39, 0.29) is 35.8 Å². The lowest BCUT2D eigenvalue weighted by Gasteiger charge is -2.40. The standard InChI is InChI=1S/C20H28ClN5O5/c1-12-10-29-8-7-25(12)15-14-16(23-18(21)22-15)30-11-13-9-24(5-6-26(13)17(14)27)19(28)31-20(2,3)4/h12-13H,5-11H2,1-4H3/t12-,13+/m0/s1. The van der Waals surface area contributed by atoms with Crippen LogP contribution in [0.25, 0.3) is 0 Å². The minimum atomic E-state index is -0.587. The highest BCUT2D eigenvalue weighted by Gasteiger charge is 2.41. The number of morpholine rings is 1. The van der Waals surface area contributed by atoms with Gasteiger partial charge < -0.3 is 28.9 Å². The van der Waals surface area contributed by atoms with Crippen LogP contribution < -0.4 is 9.64 Å². The molecule has 1 aromatic rings. The largest absolute Gasteiger partial charge is 0.475 e. The number of aromatic nitrogens is 2. The lowest BCUT2D eigenvalue weighted by atomic mass is 10.1. The van der Waals surface area contributed by atoms with Crippen molar-refractivity contribution in [2.45, 2.75) is 45.4 Å². The minimum Gasteiger partial charge on any atom is -0.475 e. The smallest absolute Gasteiger partial charge is 0.410 e. The molecule has 0 aromatic carbocycles. The van der Waals surface area contributed by atoms with E-state index >= 15 is 0 Å². The van der Waals surface area contributed by atoms with Gasteiger partial charge in [-0.1, -0.05) is 0 Å². The van der Waals surface area contributed by atoms with Crippen molar-refractivity contribution in [3.63, 3.8) is 0 Å². The molecule has 170 valence electrons. The van der Waals surface area contributed by atoms with E-state index in [0.29, 0.717) is 50.8 Å². The van der Waals surface area contributed by atoms with Gasteiger partial charge in [-0.25, -0.2) is 4.79 Å². The molecule has 0 bridgehead atoms. The Labute approximate surface area is 186 Å². The summed E-state index contributed by atoms with van der Waals surface area (Å²) in [7, 11) is 0. The molecule has 3 aliphatic heterocycles. The van der Waals surface area contributed by atoms with E-state index in [4.69, 9.17) is 25.8 Å². The zero-order valence-electron chi connectivity index (χ0n) is 18.3. The predicted octanol–water partition coefficient (Wildman–Crippen LogP) is 1.81. The molecule has 31 heavy (non-hydrogen) atoms. The molecule has 0 spiro atoms. The van der Waals surface area contributed by atoms with Crippen molar-refractivity contribution in [2.24, 2.45) is 0 Å². The molecule has 2 fully saturated rings. The first-order chi connectivity index (χ1) is 14.6. The summed E-state index contributed by atoms with van der Waals surface area (Å²) < 4.78 is 16.9. The van der Waals surface area contributed by atoms with Gasteiger partial charge in [-0.05, 0) is 39.3 Å². The summed E-state index contributed by atoms with van der Waals surface area (Å²) in [4.78, 5) is 40.0. The van der Waals surface area contributed by atoms with Gasteiger partial charge in [0.1, 0.15) is 17.8 Å². The Hall–Kier alpha value is -2.33. The van der Waals surface area contributed by atoms with Gasteiger partial charge in [0, 0.05) is 26.2 Å². The summed E-state index contributed by atoms with van der Waals surface area (Å²) in [6, 6.07) is -0.295. The van der Waals surface area contributed by atoms with Gasteiger partial charge in [0.2, 0.25) is 11.2 Å². The molecule has 2 amide bonds. The first-order valence-electron chi connectivity index (χ1n) is 10.5. The van der Waals surface area contributed by atoms with Crippen LogP contribution in [0.5, 0.6) is 5.88 Å².